The van der Waals surface area contributed by atoms with E-state index in [0.717, 1.165) is 5.56 Å². The highest BCUT2D eigenvalue weighted by atomic mass is 16.6. The van der Waals surface area contributed by atoms with Gasteiger partial charge in [0.05, 0.1) is 12.7 Å². The van der Waals surface area contributed by atoms with Crippen LogP contribution in [-0.2, 0) is 9.53 Å². The van der Waals surface area contributed by atoms with E-state index in [1.165, 1.54) is 13.2 Å². The van der Waals surface area contributed by atoms with E-state index >= 15 is 0 Å². The van der Waals surface area contributed by atoms with Crippen molar-refractivity contribution in [3.63, 3.8) is 0 Å². The first-order chi connectivity index (χ1) is 12.1. The van der Waals surface area contributed by atoms with Crippen LogP contribution < -0.4 is 14.2 Å². The van der Waals surface area contributed by atoms with E-state index in [-0.39, 0.29) is 23.9 Å². The number of allylic oxidation sites excluding steroid dienone is 1. The van der Waals surface area contributed by atoms with Gasteiger partial charge < -0.3 is 18.9 Å². The summed E-state index contributed by atoms with van der Waals surface area (Å²) in [5.41, 5.74) is 1.14. The summed E-state index contributed by atoms with van der Waals surface area (Å²) >= 11 is 0. The molecular weight excluding hydrogens is 324 g/mol. The van der Waals surface area contributed by atoms with Crippen LogP contribution >= 0.6 is 0 Å². The summed E-state index contributed by atoms with van der Waals surface area (Å²) in [7, 11) is 2.96. The third-order valence-corrected chi connectivity index (χ3v) is 3.56. The molecule has 0 atom stereocenters. The van der Waals surface area contributed by atoms with E-state index in [2.05, 4.69) is 0 Å². The number of benzene rings is 2. The van der Waals surface area contributed by atoms with Gasteiger partial charge in [-0.15, -0.1) is 0 Å². The predicted octanol–water partition coefficient (Wildman–Crippen LogP) is 2.86. The van der Waals surface area contributed by atoms with Gasteiger partial charge in [0, 0.05) is 18.7 Å². The fourth-order valence-corrected chi connectivity index (χ4v) is 2.44. The summed E-state index contributed by atoms with van der Waals surface area (Å²) in [6, 6.07) is 11.9. The fraction of sp³-hybridized carbons (Fsp3) is 0.158. The number of rotatable bonds is 5. The lowest BCUT2D eigenvalue weighted by Crippen LogP contribution is -2.14. The highest BCUT2D eigenvalue weighted by Gasteiger charge is 2.28. The first-order valence-electron chi connectivity index (χ1n) is 7.53. The minimum absolute atomic E-state index is 0.157. The Morgan fingerprint density at radius 1 is 1.16 bits per heavy atom. The number of hydrogen-bond donors (Lipinski definition) is 0. The standard InChI is InChI=1S/C19H16O6/c1-22-11-18(20)24-13-7-8-14-16(10-13)25-17(19(14)21)9-12-5-3-4-6-15(12)23-2/h3-10H,11H2,1-2H3/b17-9-. The molecule has 3 rings (SSSR count). The number of ether oxygens (including phenoxy) is 4. The molecular formula is C19H16O6. The second-order valence-corrected chi connectivity index (χ2v) is 5.25. The normalized spacial score (nSPS) is 14.2. The minimum atomic E-state index is -0.531. The summed E-state index contributed by atoms with van der Waals surface area (Å²) in [6.45, 7) is -0.157. The van der Waals surface area contributed by atoms with Crippen molar-refractivity contribution in [2.24, 2.45) is 0 Å². The molecule has 0 aliphatic carbocycles. The van der Waals surface area contributed by atoms with Crippen LogP contribution in [0.15, 0.2) is 48.2 Å². The van der Waals surface area contributed by atoms with Crippen molar-refractivity contribution >= 4 is 17.8 Å². The number of para-hydroxylation sites is 1. The van der Waals surface area contributed by atoms with Gasteiger partial charge in [0.2, 0.25) is 5.78 Å². The van der Waals surface area contributed by atoms with Gasteiger partial charge in [-0.2, -0.15) is 0 Å². The zero-order valence-electron chi connectivity index (χ0n) is 13.8. The molecule has 1 heterocycles. The fourth-order valence-electron chi connectivity index (χ4n) is 2.44. The van der Waals surface area contributed by atoms with Crippen molar-refractivity contribution in [1.82, 2.24) is 0 Å². The lowest BCUT2D eigenvalue weighted by molar-refractivity contribution is -0.138. The molecule has 0 unspecified atom stereocenters. The molecule has 0 spiro atoms. The van der Waals surface area contributed by atoms with Gasteiger partial charge >= 0.3 is 5.97 Å². The Kier molecular flexibility index (Phi) is 4.81. The second kappa shape index (κ2) is 7.19. The maximum Gasteiger partial charge on any atom is 0.337 e. The van der Waals surface area contributed by atoms with E-state index in [0.29, 0.717) is 17.1 Å². The molecule has 2 aromatic carbocycles. The first kappa shape index (κ1) is 16.7. The summed E-state index contributed by atoms with van der Waals surface area (Å²) in [6.07, 6.45) is 1.62. The number of carbonyl (C=O) groups is 2. The first-order valence-corrected chi connectivity index (χ1v) is 7.53. The van der Waals surface area contributed by atoms with Gasteiger partial charge in [-0.1, -0.05) is 18.2 Å². The van der Waals surface area contributed by atoms with E-state index in [1.807, 2.05) is 18.2 Å². The SMILES string of the molecule is COCC(=O)Oc1ccc2c(c1)O/C(=C\c1ccccc1OC)C2=O. The van der Waals surface area contributed by atoms with Crippen LogP contribution in [0.5, 0.6) is 17.2 Å². The third-order valence-electron chi connectivity index (χ3n) is 3.56. The van der Waals surface area contributed by atoms with Crippen LogP contribution in [0, 0.1) is 0 Å². The highest BCUT2D eigenvalue weighted by Crippen LogP contribution is 2.35. The van der Waals surface area contributed by atoms with Gasteiger partial charge in [-0.25, -0.2) is 4.79 Å². The van der Waals surface area contributed by atoms with Crippen molar-refractivity contribution in [2.45, 2.75) is 0 Å². The zero-order valence-corrected chi connectivity index (χ0v) is 13.8. The smallest absolute Gasteiger partial charge is 0.337 e. The van der Waals surface area contributed by atoms with Gasteiger partial charge in [0.15, 0.2) is 5.76 Å². The number of hydrogen-bond acceptors (Lipinski definition) is 6. The van der Waals surface area contributed by atoms with Crippen molar-refractivity contribution in [1.29, 1.82) is 0 Å². The Balaban J connectivity index is 1.85. The van der Waals surface area contributed by atoms with E-state index in [1.54, 1.807) is 31.4 Å². The quantitative estimate of drug-likeness (QED) is 0.473. The summed E-state index contributed by atoms with van der Waals surface area (Å²) in [4.78, 5) is 23.9. The van der Waals surface area contributed by atoms with E-state index in [9.17, 15) is 9.59 Å². The Morgan fingerprint density at radius 2 is 1.96 bits per heavy atom. The molecule has 1 aliphatic heterocycles. The van der Waals surface area contributed by atoms with Crippen molar-refractivity contribution in [3.8, 4) is 17.2 Å². The summed E-state index contributed by atoms with van der Waals surface area (Å²) in [5.74, 6) is 0.671. The molecule has 25 heavy (non-hydrogen) atoms. The molecule has 128 valence electrons. The van der Waals surface area contributed by atoms with Crippen LogP contribution in [0.25, 0.3) is 6.08 Å². The molecule has 0 saturated carbocycles. The Labute approximate surface area is 144 Å². The molecule has 0 N–H and O–H groups in total. The Hall–Kier alpha value is -3.12. The van der Waals surface area contributed by atoms with Gasteiger partial charge in [0.1, 0.15) is 23.9 Å². The lowest BCUT2D eigenvalue weighted by Gasteiger charge is -2.05. The topological polar surface area (TPSA) is 71.1 Å². The van der Waals surface area contributed by atoms with Gasteiger partial charge in [0.25, 0.3) is 0 Å². The summed E-state index contributed by atoms with van der Waals surface area (Å²) < 4.78 is 20.7. The molecule has 0 saturated heterocycles. The average molecular weight is 340 g/mol. The maximum absolute atomic E-state index is 12.5. The maximum atomic E-state index is 12.5. The molecule has 1 aliphatic rings. The van der Waals surface area contributed by atoms with Crippen LogP contribution in [0.2, 0.25) is 0 Å². The van der Waals surface area contributed by atoms with E-state index in [4.69, 9.17) is 18.9 Å². The minimum Gasteiger partial charge on any atom is -0.496 e. The van der Waals surface area contributed by atoms with E-state index < -0.39 is 5.97 Å². The summed E-state index contributed by atoms with van der Waals surface area (Å²) in [5, 5.41) is 0. The van der Waals surface area contributed by atoms with Gasteiger partial charge in [-0.3, -0.25) is 4.79 Å². The predicted molar refractivity (Wildman–Crippen MR) is 89.9 cm³/mol. The molecule has 0 fully saturated rings. The zero-order chi connectivity index (χ0) is 17.8. The monoisotopic (exact) mass is 340 g/mol. The molecule has 0 radical (unpaired) electrons. The Bertz CT molecular complexity index is 853. The third kappa shape index (κ3) is 3.54. The van der Waals surface area contributed by atoms with Crippen molar-refractivity contribution in [3.05, 3.63) is 59.4 Å². The van der Waals surface area contributed by atoms with Crippen molar-refractivity contribution < 1.29 is 28.5 Å². The lowest BCUT2D eigenvalue weighted by atomic mass is 10.1. The molecule has 0 bridgehead atoms. The second-order valence-electron chi connectivity index (χ2n) is 5.25. The van der Waals surface area contributed by atoms with Crippen LogP contribution in [0.1, 0.15) is 15.9 Å². The molecule has 0 aromatic heterocycles. The molecule has 0 amide bonds. The van der Waals surface area contributed by atoms with Crippen LogP contribution in [-0.4, -0.2) is 32.6 Å². The largest absolute Gasteiger partial charge is 0.496 e. The molecule has 6 heteroatoms. The van der Waals surface area contributed by atoms with Crippen molar-refractivity contribution in [2.75, 3.05) is 20.8 Å². The Morgan fingerprint density at radius 3 is 2.72 bits per heavy atom. The molecule has 2 aromatic rings. The average Bonchev–Trinajstić information content (AvgIpc) is 2.91. The number of esters is 1. The number of fused-ring (bicyclic) bond motifs is 1. The number of ketones is 1. The number of Topliss-reactive ketones (excluding diaryl/α,β-unsaturated/α-hetero) is 1. The number of methoxy groups -OCH3 is 2. The van der Waals surface area contributed by atoms with Gasteiger partial charge in [-0.05, 0) is 24.3 Å². The molecule has 6 nitrogen and oxygen atoms in total. The number of carbonyl (C=O) groups excluding carboxylic acids is 2. The van der Waals surface area contributed by atoms with Crippen LogP contribution in [0.3, 0.4) is 0 Å². The highest BCUT2D eigenvalue weighted by molar-refractivity contribution is 6.14. The van der Waals surface area contributed by atoms with Crippen LogP contribution in [0.4, 0.5) is 0 Å².